The fourth-order valence-electron chi connectivity index (χ4n) is 1.16. The van der Waals surface area contributed by atoms with Crippen molar-refractivity contribution in [2.24, 2.45) is 0 Å². The number of alkyl halides is 1. The van der Waals surface area contributed by atoms with Gasteiger partial charge in [-0.25, -0.2) is 4.39 Å². The van der Waals surface area contributed by atoms with E-state index in [2.05, 4.69) is 15.9 Å². The maximum Gasteiger partial charge on any atom is 0.223 e. The molecule has 0 amide bonds. The second kappa shape index (κ2) is 3.67. The van der Waals surface area contributed by atoms with E-state index in [0.29, 0.717) is 6.42 Å². The smallest absolute Gasteiger partial charge is 0.223 e. The van der Waals surface area contributed by atoms with Crippen molar-refractivity contribution in [2.75, 3.05) is 0 Å². The van der Waals surface area contributed by atoms with Crippen molar-refractivity contribution in [3.05, 3.63) is 22.7 Å². The van der Waals surface area contributed by atoms with Gasteiger partial charge in [0.1, 0.15) is 0 Å². The fraction of sp³-hybridized carbons (Fsp3) is 0.556. The lowest BCUT2D eigenvalue weighted by Crippen LogP contribution is -2.38. The molecular weight excluding hydrogens is 251 g/mol. The van der Waals surface area contributed by atoms with Crippen LogP contribution in [0.3, 0.4) is 0 Å². The van der Waals surface area contributed by atoms with E-state index in [-0.39, 0.29) is 0 Å². The number of hydrogen-bond donors (Lipinski definition) is 0. The molecule has 0 N–H and O–H groups in total. The lowest BCUT2D eigenvalue weighted by molar-refractivity contribution is -0.0204. The highest BCUT2D eigenvalue weighted by molar-refractivity contribution is 9.11. The van der Waals surface area contributed by atoms with Gasteiger partial charge < -0.3 is 4.43 Å². The molecule has 0 fully saturated rings. The summed E-state index contributed by atoms with van der Waals surface area (Å²) in [5.74, 6) is -1.58. The second-order valence-corrected chi connectivity index (χ2v) is 9.47. The summed E-state index contributed by atoms with van der Waals surface area (Å²) in [6, 6.07) is 0. The Kier molecular flexibility index (Phi) is 3.15. The van der Waals surface area contributed by atoms with Gasteiger partial charge in [-0.3, -0.25) is 0 Å². The van der Waals surface area contributed by atoms with Crippen molar-refractivity contribution in [3.8, 4) is 0 Å². The van der Waals surface area contributed by atoms with E-state index in [4.69, 9.17) is 4.43 Å². The minimum absolute atomic E-state index is 0.300. The maximum absolute atomic E-state index is 13.9. The van der Waals surface area contributed by atoms with Gasteiger partial charge in [-0.05, 0) is 31.8 Å². The molecule has 1 unspecified atom stereocenters. The first-order valence-electron chi connectivity index (χ1n) is 4.25. The molecule has 1 aliphatic rings. The predicted molar refractivity (Wildman–Crippen MR) is 59.0 cm³/mol. The van der Waals surface area contributed by atoms with Crippen LogP contribution in [-0.2, 0) is 4.43 Å². The monoisotopic (exact) mass is 264 g/mol. The highest BCUT2D eigenvalue weighted by Crippen LogP contribution is 2.31. The maximum atomic E-state index is 13.9. The zero-order chi connectivity index (χ0) is 10.1. The molecular formula is C9H14BrFOSi. The zero-order valence-corrected chi connectivity index (χ0v) is 10.7. The molecule has 0 radical (unpaired) electrons. The number of rotatable bonds is 2. The topological polar surface area (TPSA) is 9.23 Å². The molecule has 0 spiro atoms. The fourth-order valence-corrected chi connectivity index (χ4v) is 2.62. The first-order chi connectivity index (χ1) is 5.81. The van der Waals surface area contributed by atoms with Gasteiger partial charge in [0, 0.05) is 10.9 Å². The molecule has 0 bridgehead atoms. The summed E-state index contributed by atoms with van der Waals surface area (Å²) >= 11 is 3.28. The highest BCUT2D eigenvalue weighted by Gasteiger charge is 2.33. The Morgan fingerprint density at radius 2 is 2.15 bits per heavy atom. The minimum atomic E-state index is -1.81. The molecule has 1 nitrogen and oxygen atoms in total. The van der Waals surface area contributed by atoms with Crippen LogP contribution in [0, 0.1) is 0 Å². The van der Waals surface area contributed by atoms with E-state index < -0.39 is 14.2 Å². The Morgan fingerprint density at radius 3 is 2.54 bits per heavy atom. The highest BCUT2D eigenvalue weighted by atomic mass is 79.9. The summed E-state index contributed by atoms with van der Waals surface area (Å²) < 4.78 is 20.3. The Bertz CT molecular complexity index is 257. The number of hydrogen-bond acceptors (Lipinski definition) is 1. The van der Waals surface area contributed by atoms with Gasteiger partial charge in [0.25, 0.3) is 0 Å². The summed E-state index contributed by atoms with van der Waals surface area (Å²) in [7, 11) is -1.81. The van der Waals surface area contributed by atoms with Crippen molar-refractivity contribution in [1.29, 1.82) is 0 Å². The van der Waals surface area contributed by atoms with Crippen LogP contribution >= 0.6 is 15.9 Å². The van der Waals surface area contributed by atoms with Gasteiger partial charge in [-0.2, -0.15) is 0 Å². The van der Waals surface area contributed by atoms with Gasteiger partial charge in [-0.15, -0.1) is 0 Å². The number of allylic oxidation sites excluding steroid dienone is 2. The van der Waals surface area contributed by atoms with E-state index >= 15 is 0 Å². The van der Waals surface area contributed by atoms with Gasteiger partial charge in [0.05, 0.1) is 0 Å². The third-order valence-electron chi connectivity index (χ3n) is 1.54. The van der Waals surface area contributed by atoms with Crippen LogP contribution in [0.5, 0.6) is 0 Å². The predicted octanol–water partition coefficient (Wildman–Crippen LogP) is 3.74. The summed E-state index contributed by atoms with van der Waals surface area (Å²) in [6.07, 6.45) is 5.27. The van der Waals surface area contributed by atoms with E-state index in [0.717, 1.165) is 4.48 Å². The van der Waals surface area contributed by atoms with Crippen LogP contribution in [0.1, 0.15) is 6.42 Å². The Balaban J connectivity index is 2.66. The van der Waals surface area contributed by atoms with Crippen molar-refractivity contribution in [2.45, 2.75) is 31.9 Å². The van der Waals surface area contributed by atoms with Gasteiger partial charge >= 0.3 is 0 Å². The summed E-state index contributed by atoms with van der Waals surface area (Å²) in [5.41, 5.74) is 0. The van der Waals surface area contributed by atoms with Crippen molar-refractivity contribution < 1.29 is 8.82 Å². The van der Waals surface area contributed by atoms with Crippen LogP contribution < -0.4 is 0 Å². The van der Waals surface area contributed by atoms with Gasteiger partial charge in [-0.1, -0.05) is 22.0 Å². The molecule has 13 heavy (non-hydrogen) atoms. The van der Waals surface area contributed by atoms with Crippen LogP contribution in [0.2, 0.25) is 19.6 Å². The van der Waals surface area contributed by atoms with Crippen molar-refractivity contribution in [3.63, 3.8) is 0 Å². The number of halogens is 2. The minimum Gasteiger partial charge on any atom is -0.384 e. The molecule has 0 aliphatic heterocycles. The molecule has 0 aromatic carbocycles. The third kappa shape index (κ3) is 3.75. The Hall–Kier alpha value is 0.0669. The molecule has 1 atom stereocenters. The van der Waals surface area contributed by atoms with E-state index in [1.165, 1.54) is 6.08 Å². The molecule has 0 heterocycles. The molecule has 1 rings (SSSR count). The first-order valence-corrected chi connectivity index (χ1v) is 8.45. The molecule has 0 aromatic rings. The van der Waals surface area contributed by atoms with Crippen LogP contribution in [0.15, 0.2) is 22.7 Å². The van der Waals surface area contributed by atoms with E-state index in [1.807, 2.05) is 19.6 Å². The van der Waals surface area contributed by atoms with E-state index in [9.17, 15) is 4.39 Å². The molecule has 0 aromatic heterocycles. The molecule has 1 aliphatic carbocycles. The van der Waals surface area contributed by atoms with Crippen molar-refractivity contribution >= 4 is 24.2 Å². The van der Waals surface area contributed by atoms with Crippen LogP contribution in [0.25, 0.3) is 0 Å². The lowest BCUT2D eigenvalue weighted by Gasteiger charge is -2.30. The normalized spacial score (nSPS) is 28.8. The summed E-state index contributed by atoms with van der Waals surface area (Å²) in [5, 5.41) is 0. The average Bonchev–Trinajstić information content (AvgIpc) is 1.92. The quantitative estimate of drug-likeness (QED) is 0.691. The van der Waals surface area contributed by atoms with Gasteiger partial charge in [0.15, 0.2) is 8.32 Å². The largest absolute Gasteiger partial charge is 0.384 e. The SMILES string of the molecule is C[Si](C)(C)OC1(F)C=CC(Br)=CC1. The van der Waals surface area contributed by atoms with Crippen molar-refractivity contribution in [1.82, 2.24) is 0 Å². The van der Waals surface area contributed by atoms with Crippen LogP contribution in [0.4, 0.5) is 4.39 Å². The summed E-state index contributed by atoms with van der Waals surface area (Å²) in [6.45, 7) is 5.95. The molecule has 74 valence electrons. The lowest BCUT2D eigenvalue weighted by atomic mass is 10.1. The second-order valence-electron chi connectivity index (χ2n) is 4.13. The first kappa shape index (κ1) is 11.1. The molecule has 0 saturated heterocycles. The standard InChI is InChI=1S/C9H14BrFOSi/c1-13(2,3)12-9(11)6-4-8(10)5-7-9/h4-6H,7H2,1-3H3. The Labute approximate surface area is 87.9 Å². The summed E-state index contributed by atoms with van der Waals surface area (Å²) in [4.78, 5) is 0. The van der Waals surface area contributed by atoms with Crippen LogP contribution in [-0.4, -0.2) is 14.2 Å². The third-order valence-corrected chi connectivity index (χ3v) is 3.08. The molecule has 4 heteroatoms. The van der Waals surface area contributed by atoms with E-state index in [1.54, 1.807) is 12.2 Å². The average molecular weight is 265 g/mol. The Morgan fingerprint density at radius 1 is 1.54 bits per heavy atom. The molecule has 0 saturated carbocycles. The van der Waals surface area contributed by atoms with Gasteiger partial charge in [0.2, 0.25) is 5.85 Å². The zero-order valence-electron chi connectivity index (χ0n) is 8.10.